The highest BCUT2D eigenvalue weighted by Gasteiger charge is 2.10. The first-order valence-corrected chi connectivity index (χ1v) is 10.5. The molecule has 7 nitrogen and oxygen atoms in total. The molecule has 0 atom stereocenters. The Kier molecular flexibility index (Phi) is 8.08. The zero-order valence-corrected chi connectivity index (χ0v) is 18.7. The molecule has 1 heterocycles. The highest BCUT2D eigenvalue weighted by molar-refractivity contribution is 5.73. The fourth-order valence-corrected chi connectivity index (χ4v) is 3.38. The molecule has 0 unspecified atom stereocenters. The van der Waals surface area contributed by atoms with Gasteiger partial charge in [-0.05, 0) is 55.2 Å². The summed E-state index contributed by atoms with van der Waals surface area (Å²) in [6.07, 6.45) is 2.22. The number of rotatable bonds is 10. The Bertz CT molecular complexity index is 1040. The molecule has 0 aliphatic rings. The highest BCUT2D eigenvalue weighted by Crippen LogP contribution is 2.27. The predicted octanol–water partition coefficient (Wildman–Crippen LogP) is 4.05. The zero-order chi connectivity index (χ0) is 22.9. The van der Waals surface area contributed by atoms with Gasteiger partial charge in [-0.25, -0.2) is 9.18 Å². The number of urea groups is 1. The molecule has 0 aliphatic carbocycles. The van der Waals surface area contributed by atoms with Crippen LogP contribution in [-0.2, 0) is 12.8 Å². The van der Waals surface area contributed by atoms with Gasteiger partial charge in [0.25, 0.3) is 0 Å². The van der Waals surface area contributed by atoms with Crippen LogP contribution in [0.25, 0.3) is 11.3 Å². The lowest BCUT2D eigenvalue weighted by Gasteiger charge is -2.18. The van der Waals surface area contributed by atoms with E-state index in [4.69, 9.17) is 9.47 Å². The molecule has 8 heteroatoms. The van der Waals surface area contributed by atoms with Crippen molar-refractivity contribution in [3.8, 4) is 22.8 Å². The van der Waals surface area contributed by atoms with Crippen LogP contribution in [0, 0.1) is 5.82 Å². The number of amides is 2. The molecule has 2 aromatic carbocycles. The molecule has 32 heavy (non-hydrogen) atoms. The lowest BCUT2D eigenvalue weighted by Crippen LogP contribution is -2.38. The van der Waals surface area contributed by atoms with Crippen LogP contribution in [0.4, 0.5) is 9.18 Å². The number of hydrogen-bond acceptors (Lipinski definition) is 4. The average Bonchev–Trinajstić information content (AvgIpc) is 3.27. The lowest BCUT2D eigenvalue weighted by molar-refractivity contribution is 0.208. The summed E-state index contributed by atoms with van der Waals surface area (Å²) in [5, 5.41) is 10.2. The molecule has 2 amide bonds. The van der Waals surface area contributed by atoms with Gasteiger partial charge in [-0.3, -0.25) is 5.10 Å². The zero-order valence-electron chi connectivity index (χ0n) is 18.7. The molecule has 3 aromatic rings. The van der Waals surface area contributed by atoms with Crippen LogP contribution in [-0.4, -0.2) is 55.5 Å². The molecule has 0 spiro atoms. The quantitative estimate of drug-likeness (QED) is 0.499. The van der Waals surface area contributed by atoms with Crippen LogP contribution in [0.1, 0.15) is 17.7 Å². The Morgan fingerprint density at radius 2 is 1.91 bits per heavy atom. The first kappa shape index (κ1) is 23.1. The monoisotopic (exact) mass is 440 g/mol. The maximum atomic E-state index is 13.4. The summed E-state index contributed by atoms with van der Waals surface area (Å²) >= 11 is 0. The third kappa shape index (κ3) is 6.23. The molecule has 1 aromatic heterocycles. The van der Waals surface area contributed by atoms with E-state index in [0.29, 0.717) is 36.7 Å². The topological polar surface area (TPSA) is 79.5 Å². The van der Waals surface area contributed by atoms with Crippen LogP contribution in [0.15, 0.2) is 48.5 Å². The van der Waals surface area contributed by atoms with Gasteiger partial charge in [-0.1, -0.05) is 18.2 Å². The summed E-state index contributed by atoms with van der Waals surface area (Å²) in [6.45, 7) is 1.13. The predicted molar refractivity (Wildman–Crippen MR) is 122 cm³/mol. The van der Waals surface area contributed by atoms with E-state index in [9.17, 15) is 9.18 Å². The number of H-pyrrole nitrogens is 1. The van der Waals surface area contributed by atoms with Crippen LogP contribution >= 0.6 is 0 Å². The number of aromatic amines is 1. The third-order valence-electron chi connectivity index (χ3n) is 5.18. The highest BCUT2D eigenvalue weighted by atomic mass is 19.1. The Hall–Kier alpha value is -3.55. The number of aryl methyl sites for hydroxylation is 1. The molecule has 170 valence electrons. The Morgan fingerprint density at radius 3 is 2.66 bits per heavy atom. The van der Waals surface area contributed by atoms with Crippen LogP contribution in [0.5, 0.6) is 11.5 Å². The van der Waals surface area contributed by atoms with E-state index in [2.05, 4.69) is 15.5 Å². The summed E-state index contributed by atoms with van der Waals surface area (Å²) in [6, 6.07) is 13.9. The number of carbonyl (C=O) groups excluding carboxylic acids is 1. The number of nitrogens with zero attached hydrogens (tertiary/aromatic N) is 2. The minimum atomic E-state index is -0.286. The number of carbonyl (C=O) groups is 1. The van der Waals surface area contributed by atoms with E-state index in [0.717, 1.165) is 29.7 Å². The average molecular weight is 441 g/mol. The van der Waals surface area contributed by atoms with Crippen LogP contribution in [0.3, 0.4) is 0 Å². The largest absolute Gasteiger partial charge is 0.493 e. The number of ether oxygens (including phenoxy) is 2. The van der Waals surface area contributed by atoms with E-state index < -0.39 is 0 Å². The molecular formula is C24H29FN4O3. The number of nitrogens with one attached hydrogen (secondary N) is 2. The number of aromatic nitrogens is 2. The second kappa shape index (κ2) is 11.2. The SMILES string of the molecule is COc1ccc(CCNC(=O)N(C)CCCc2cc(-c3cccc(F)c3)n[nH]2)cc1OC. The Morgan fingerprint density at radius 1 is 1.09 bits per heavy atom. The van der Waals surface area contributed by atoms with Crippen molar-refractivity contribution in [2.24, 2.45) is 0 Å². The minimum absolute atomic E-state index is 0.115. The summed E-state index contributed by atoms with van der Waals surface area (Å²) < 4.78 is 23.9. The first-order chi connectivity index (χ1) is 15.5. The van der Waals surface area contributed by atoms with Crippen molar-refractivity contribution in [1.82, 2.24) is 20.4 Å². The van der Waals surface area contributed by atoms with Crippen molar-refractivity contribution >= 4 is 6.03 Å². The maximum Gasteiger partial charge on any atom is 0.317 e. The van der Waals surface area contributed by atoms with Gasteiger partial charge in [0, 0.05) is 31.4 Å². The second-order valence-electron chi connectivity index (χ2n) is 7.49. The summed E-state index contributed by atoms with van der Waals surface area (Å²) in [7, 11) is 4.98. The van der Waals surface area contributed by atoms with Crippen LogP contribution < -0.4 is 14.8 Å². The molecule has 0 radical (unpaired) electrons. The summed E-state index contributed by atoms with van der Waals surface area (Å²) in [5.41, 5.74) is 3.45. The van der Waals surface area contributed by atoms with Crippen molar-refractivity contribution in [1.29, 1.82) is 0 Å². The summed E-state index contributed by atoms with van der Waals surface area (Å²) in [4.78, 5) is 14.0. The summed E-state index contributed by atoms with van der Waals surface area (Å²) in [5.74, 6) is 1.07. The number of benzene rings is 2. The van der Waals surface area contributed by atoms with Crippen LogP contribution in [0.2, 0.25) is 0 Å². The molecule has 0 saturated carbocycles. The fraction of sp³-hybridized carbons (Fsp3) is 0.333. The van der Waals surface area contributed by atoms with E-state index in [1.165, 1.54) is 12.1 Å². The molecule has 0 bridgehead atoms. The first-order valence-electron chi connectivity index (χ1n) is 10.5. The second-order valence-corrected chi connectivity index (χ2v) is 7.49. The van der Waals surface area contributed by atoms with Gasteiger partial charge in [0.15, 0.2) is 11.5 Å². The lowest BCUT2D eigenvalue weighted by atomic mass is 10.1. The Labute approximate surface area is 187 Å². The third-order valence-corrected chi connectivity index (χ3v) is 5.18. The normalized spacial score (nSPS) is 10.6. The smallest absolute Gasteiger partial charge is 0.317 e. The number of halogens is 1. The van der Waals surface area contributed by atoms with Gasteiger partial charge in [0.2, 0.25) is 0 Å². The number of methoxy groups -OCH3 is 2. The fourth-order valence-electron chi connectivity index (χ4n) is 3.38. The molecule has 2 N–H and O–H groups in total. The van der Waals surface area contributed by atoms with Gasteiger partial charge >= 0.3 is 6.03 Å². The maximum absolute atomic E-state index is 13.4. The van der Waals surface area contributed by atoms with Crippen molar-refractivity contribution < 1.29 is 18.7 Å². The van der Waals surface area contributed by atoms with E-state index in [-0.39, 0.29) is 11.8 Å². The molecule has 0 fully saturated rings. The molecule has 0 saturated heterocycles. The minimum Gasteiger partial charge on any atom is -0.493 e. The molecule has 0 aliphatic heterocycles. The van der Waals surface area contributed by atoms with Crippen molar-refractivity contribution in [2.75, 3.05) is 34.4 Å². The number of hydrogen-bond donors (Lipinski definition) is 2. The van der Waals surface area contributed by atoms with Gasteiger partial charge in [-0.2, -0.15) is 5.10 Å². The van der Waals surface area contributed by atoms with E-state index >= 15 is 0 Å². The Balaban J connectivity index is 1.40. The van der Waals surface area contributed by atoms with Gasteiger partial charge in [-0.15, -0.1) is 0 Å². The van der Waals surface area contributed by atoms with Crippen molar-refractivity contribution in [2.45, 2.75) is 19.3 Å². The molecule has 3 rings (SSSR count). The van der Waals surface area contributed by atoms with E-state index in [1.807, 2.05) is 30.3 Å². The van der Waals surface area contributed by atoms with Crippen molar-refractivity contribution in [3.63, 3.8) is 0 Å². The van der Waals surface area contributed by atoms with Crippen molar-refractivity contribution in [3.05, 3.63) is 65.6 Å². The standard InChI is InChI=1S/C24H29FN4O3/c1-29(24(30)26-12-11-17-9-10-22(31-2)23(14-17)32-3)13-5-8-20-16-21(28-27-20)18-6-4-7-19(25)15-18/h4,6-7,9-10,14-16H,5,8,11-13H2,1-3H3,(H,26,30)(H,27,28). The van der Waals surface area contributed by atoms with Gasteiger partial charge in [0.05, 0.1) is 19.9 Å². The van der Waals surface area contributed by atoms with Gasteiger partial charge < -0.3 is 19.7 Å². The molecular weight excluding hydrogens is 411 g/mol. The van der Waals surface area contributed by atoms with E-state index in [1.54, 1.807) is 32.2 Å². The van der Waals surface area contributed by atoms with Gasteiger partial charge in [0.1, 0.15) is 5.82 Å².